The van der Waals surface area contributed by atoms with Gasteiger partial charge in [0, 0.05) is 11.8 Å². The highest BCUT2D eigenvalue weighted by Gasteiger charge is 2.28. The van der Waals surface area contributed by atoms with Crippen LogP contribution in [0, 0.1) is 6.92 Å². The molecule has 0 aliphatic carbocycles. The largest absolute Gasteiger partial charge is 0.780 e. The van der Waals surface area contributed by atoms with E-state index in [1.165, 1.54) is 4.57 Å². The topological polar surface area (TPSA) is 123 Å². The minimum atomic E-state index is -3.93. The molecule has 1 aliphatic rings. The predicted molar refractivity (Wildman–Crippen MR) is 73.2 cm³/mol. The van der Waals surface area contributed by atoms with Gasteiger partial charge in [0.15, 0.2) is 0 Å². The van der Waals surface area contributed by atoms with Gasteiger partial charge in [-0.15, -0.1) is 0 Å². The molecule has 0 spiro atoms. The van der Waals surface area contributed by atoms with Crippen LogP contribution >= 0.6 is 6.72 Å². The summed E-state index contributed by atoms with van der Waals surface area (Å²) in [5, 5.41) is 0. The first-order valence-electron chi connectivity index (χ1n) is 5.95. The summed E-state index contributed by atoms with van der Waals surface area (Å²) < 4.78 is 11.6. The van der Waals surface area contributed by atoms with Gasteiger partial charge in [0.1, 0.15) is 18.8 Å². The Bertz CT molecular complexity index is 601. The fourth-order valence-electron chi connectivity index (χ4n) is 1.98. The minimum absolute atomic E-state index is 0.0795. The molecule has 1 aromatic heterocycles. The van der Waals surface area contributed by atoms with Crippen molar-refractivity contribution in [3.63, 3.8) is 0 Å². The second-order valence-electron chi connectivity index (χ2n) is 4.55. The number of rotatable bonds is 4. The molecule has 3 N–H and O–H groups in total. The highest BCUT2D eigenvalue weighted by Crippen LogP contribution is 2.34. The molecule has 0 amide bonds. The van der Waals surface area contributed by atoms with Gasteiger partial charge in [-0.3, -0.25) is 4.57 Å². The van der Waals surface area contributed by atoms with E-state index in [1.54, 1.807) is 13.1 Å². The van der Waals surface area contributed by atoms with Crippen LogP contribution in [-0.2, 0) is 21.1 Å². The number of hydrogen-bond donors (Lipinski definition) is 2. The van der Waals surface area contributed by atoms with E-state index in [4.69, 9.17) is 15.4 Å². The SMILES string of the molecule is Cc1cn([C@H]2CC[C@@H](COP([O-])(O)=S)O2)c(=O)nc1N. The van der Waals surface area contributed by atoms with Crippen LogP contribution in [0.1, 0.15) is 24.6 Å². The minimum Gasteiger partial charge on any atom is -0.780 e. The van der Waals surface area contributed by atoms with Crippen molar-refractivity contribution >= 4 is 24.3 Å². The zero-order valence-corrected chi connectivity index (χ0v) is 12.5. The first-order valence-corrected chi connectivity index (χ1v) is 8.54. The van der Waals surface area contributed by atoms with Crippen molar-refractivity contribution in [2.24, 2.45) is 0 Å². The Balaban J connectivity index is 2.05. The molecule has 10 heteroatoms. The summed E-state index contributed by atoms with van der Waals surface area (Å²) in [5.41, 5.74) is 5.74. The van der Waals surface area contributed by atoms with Gasteiger partial charge in [-0.2, -0.15) is 4.98 Å². The Morgan fingerprint density at radius 2 is 2.45 bits per heavy atom. The summed E-state index contributed by atoms with van der Waals surface area (Å²) in [7, 11) is 0. The molecule has 112 valence electrons. The molecule has 1 aliphatic heterocycles. The van der Waals surface area contributed by atoms with Gasteiger partial charge in [-0.25, -0.2) is 4.79 Å². The Labute approximate surface area is 120 Å². The molecule has 1 saturated heterocycles. The molecule has 0 aromatic carbocycles. The summed E-state index contributed by atoms with van der Waals surface area (Å²) in [4.78, 5) is 35.2. The standard InChI is InChI=1S/C10H16N3O5PS/c1-6-4-13(10(14)12-9(6)11)8-3-2-7(18-8)5-17-19(15,16)20/h4,7-8H,2-3,5H2,1H3,(H2,11,12,14)(H2,15,16,20)/p-1/t7-,8+/m0/s1. The monoisotopic (exact) mass is 320 g/mol. The summed E-state index contributed by atoms with van der Waals surface area (Å²) in [5.74, 6) is 0.191. The van der Waals surface area contributed by atoms with Crippen molar-refractivity contribution in [1.29, 1.82) is 0 Å². The van der Waals surface area contributed by atoms with Crippen molar-refractivity contribution in [1.82, 2.24) is 9.55 Å². The van der Waals surface area contributed by atoms with Crippen LogP contribution in [-0.4, -0.2) is 27.2 Å². The summed E-state index contributed by atoms with van der Waals surface area (Å²) in [6.45, 7) is -2.26. The number of aryl methyl sites for hydroxylation is 1. The fourth-order valence-corrected chi connectivity index (χ4v) is 2.51. The third-order valence-corrected chi connectivity index (χ3v) is 3.78. The number of aromatic nitrogens is 2. The van der Waals surface area contributed by atoms with E-state index in [0.717, 1.165) is 0 Å². The van der Waals surface area contributed by atoms with Crippen LogP contribution < -0.4 is 16.3 Å². The molecule has 2 rings (SSSR count). The van der Waals surface area contributed by atoms with E-state index in [1.807, 2.05) is 0 Å². The van der Waals surface area contributed by atoms with E-state index in [9.17, 15) is 9.69 Å². The Morgan fingerprint density at radius 3 is 3.10 bits per heavy atom. The van der Waals surface area contributed by atoms with Gasteiger partial charge in [0.25, 0.3) is 0 Å². The van der Waals surface area contributed by atoms with Crippen LogP contribution in [0.4, 0.5) is 5.82 Å². The van der Waals surface area contributed by atoms with E-state index < -0.39 is 18.6 Å². The zero-order chi connectivity index (χ0) is 14.9. The lowest BCUT2D eigenvalue weighted by molar-refractivity contribution is -0.204. The Morgan fingerprint density at radius 1 is 1.75 bits per heavy atom. The highest BCUT2D eigenvalue weighted by molar-refractivity contribution is 8.06. The first-order chi connectivity index (χ1) is 9.26. The van der Waals surface area contributed by atoms with E-state index in [0.29, 0.717) is 18.4 Å². The number of nitrogens with two attached hydrogens (primary N) is 1. The van der Waals surface area contributed by atoms with Crippen molar-refractivity contribution in [2.45, 2.75) is 32.1 Å². The molecule has 0 saturated carbocycles. The Hall–Kier alpha value is -0.830. The maximum Gasteiger partial charge on any atom is 0.351 e. The molecule has 1 unspecified atom stereocenters. The normalized spacial score (nSPS) is 25.6. The van der Waals surface area contributed by atoms with Crippen LogP contribution in [0.2, 0.25) is 0 Å². The number of anilines is 1. The molecule has 1 fully saturated rings. The maximum atomic E-state index is 11.8. The third kappa shape index (κ3) is 3.85. The van der Waals surface area contributed by atoms with Crippen molar-refractivity contribution in [2.75, 3.05) is 12.3 Å². The van der Waals surface area contributed by atoms with Gasteiger partial charge in [0.05, 0.1) is 12.7 Å². The quantitative estimate of drug-likeness (QED) is 0.705. The van der Waals surface area contributed by atoms with Gasteiger partial charge in [0.2, 0.25) is 0 Å². The maximum absolute atomic E-state index is 11.8. The van der Waals surface area contributed by atoms with Gasteiger partial charge in [-0.1, -0.05) is 11.8 Å². The first kappa shape index (κ1) is 15.6. The van der Waals surface area contributed by atoms with Crippen LogP contribution in [0.3, 0.4) is 0 Å². The van der Waals surface area contributed by atoms with E-state index >= 15 is 0 Å². The molecule has 2 heterocycles. The van der Waals surface area contributed by atoms with Gasteiger partial charge >= 0.3 is 5.69 Å². The second kappa shape index (κ2) is 5.88. The van der Waals surface area contributed by atoms with Gasteiger partial charge < -0.3 is 24.8 Å². The lowest BCUT2D eigenvalue weighted by Crippen LogP contribution is -2.28. The predicted octanol–water partition coefficient (Wildman–Crippen LogP) is -0.595. The third-order valence-electron chi connectivity index (χ3n) is 2.99. The van der Waals surface area contributed by atoms with Crippen LogP contribution in [0.5, 0.6) is 0 Å². The summed E-state index contributed by atoms with van der Waals surface area (Å²) in [6.07, 6.45) is 1.89. The smallest absolute Gasteiger partial charge is 0.351 e. The van der Waals surface area contributed by atoms with E-state index in [-0.39, 0.29) is 18.5 Å². The number of nitrogen functional groups attached to an aromatic ring is 1. The summed E-state index contributed by atoms with van der Waals surface area (Å²) >= 11 is 4.25. The average molecular weight is 320 g/mol. The van der Waals surface area contributed by atoms with Crippen molar-refractivity contribution in [3.05, 3.63) is 22.2 Å². The molecule has 1 aromatic rings. The number of hydrogen-bond acceptors (Lipinski definition) is 7. The van der Waals surface area contributed by atoms with Crippen molar-refractivity contribution < 1.29 is 19.0 Å². The molecular formula is C10H15N3O5PS-. The van der Waals surface area contributed by atoms with E-state index in [2.05, 4.69) is 21.3 Å². The second-order valence-corrected chi connectivity index (χ2v) is 7.13. The van der Waals surface area contributed by atoms with Gasteiger partial charge in [-0.05, 0) is 19.8 Å². The highest BCUT2D eigenvalue weighted by atomic mass is 32.5. The average Bonchev–Trinajstić information content (AvgIpc) is 2.79. The molecule has 8 nitrogen and oxygen atoms in total. The molecule has 0 bridgehead atoms. The lowest BCUT2D eigenvalue weighted by Gasteiger charge is -2.22. The number of nitrogens with zero attached hydrogens (tertiary/aromatic N) is 2. The molecular weight excluding hydrogens is 305 g/mol. The molecule has 0 radical (unpaired) electrons. The molecule has 20 heavy (non-hydrogen) atoms. The molecule has 3 atom stereocenters. The number of ether oxygens (including phenoxy) is 1. The zero-order valence-electron chi connectivity index (χ0n) is 10.8. The Kier molecular flexibility index (Phi) is 4.58. The summed E-state index contributed by atoms with van der Waals surface area (Å²) in [6, 6.07) is 0. The lowest BCUT2D eigenvalue weighted by atomic mass is 10.2. The van der Waals surface area contributed by atoms with Crippen LogP contribution in [0.25, 0.3) is 0 Å². The van der Waals surface area contributed by atoms with Crippen LogP contribution in [0.15, 0.2) is 11.0 Å². The van der Waals surface area contributed by atoms with Crippen molar-refractivity contribution in [3.8, 4) is 0 Å². The fraction of sp³-hybridized carbons (Fsp3) is 0.600.